The summed E-state index contributed by atoms with van der Waals surface area (Å²) in [6, 6.07) is 3.96. The minimum Gasteiger partial charge on any atom is -0.490 e. The van der Waals surface area contributed by atoms with Crippen molar-refractivity contribution in [1.82, 2.24) is 14.8 Å². The van der Waals surface area contributed by atoms with E-state index in [1.807, 2.05) is 23.1 Å². The Balaban J connectivity index is 1.54. The fourth-order valence-electron chi connectivity index (χ4n) is 4.98. The van der Waals surface area contributed by atoms with Gasteiger partial charge in [-0.05, 0) is 67.3 Å². The van der Waals surface area contributed by atoms with Crippen molar-refractivity contribution in [3.05, 3.63) is 51.8 Å². The van der Waals surface area contributed by atoms with Crippen molar-refractivity contribution in [3.8, 4) is 5.75 Å². The average molecular weight is 489 g/mol. The Morgan fingerprint density at radius 3 is 2.88 bits per heavy atom. The molecule has 2 unspecified atom stereocenters. The summed E-state index contributed by atoms with van der Waals surface area (Å²) in [5.74, 6) is 0.0968. The Kier molecular flexibility index (Phi) is 6.45. The molecule has 3 aromatic rings. The highest BCUT2D eigenvalue weighted by atomic mass is 35.5. The number of hydrogen-bond donors (Lipinski definition) is 1. The first-order chi connectivity index (χ1) is 16.1. The molecule has 1 saturated heterocycles. The molecule has 1 aliphatic carbocycles. The number of halogens is 2. The Labute approximate surface area is 202 Å². The first kappa shape index (κ1) is 22.4. The minimum absolute atomic E-state index is 0.0533. The van der Waals surface area contributed by atoms with Gasteiger partial charge in [0.05, 0.1) is 22.7 Å². The molecule has 2 atom stereocenters. The van der Waals surface area contributed by atoms with Crippen molar-refractivity contribution < 1.29 is 14.3 Å². The first-order valence-corrected chi connectivity index (χ1v) is 12.3. The summed E-state index contributed by atoms with van der Waals surface area (Å²) in [6.07, 6.45) is 9.55. The van der Waals surface area contributed by atoms with E-state index in [1.165, 1.54) is 0 Å². The van der Waals surface area contributed by atoms with Crippen molar-refractivity contribution in [2.24, 2.45) is 5.73 Å². The molecule has 1 aliphatic heterocycles. The number of carbonyl (C=O) groups is 1. The van der Waals surface area contributed by atoms with E-state index in [0.29, 0.717) is 16.7 Å². The second-order valence-electron chi connectivity index (χ2n) is 8.57. The molecule has 7 nitrogen and oxygen atoms in total. The smallest absolute Gasteiger partial charge is 0.252 e. The van der Waals surface area contributed by atoms with E-state index in [1.54, 1.807) is 0 Å². The fraction of sp³-hybridized carbons (Fsp3) is 0.458. The monoisotopic (exact) mass is 488 g/mol. The van der Waals surface area contributed by atoms with Gasteiger partial charge in [0.2, 0.25) is 0 Å². The maximum atomic E-state index is 12.2. The minimum atomic E-state index is -0.573. The molecule has 2 N–H and O–H groups in total. The lowest BCUT2D eigenvalue weighted by atomic mass is 9.78. The van der Waals surface area contributed by atoms with E-state index in [-0.39, 0.29) is 24.3 Å². The molecule has 0 saturated carbocycles. The lowest BCUT2D eigenvalue weighted by molar-refractivity contribution is -0.0370. The summed E-state index contributed by atoms with van der Waals surface area (Å²) >= 11 is 12.5. The lowest BCUT2D eigenvalue weighted by Gasteiger charge is -2.28. The quantitative estimate of drug-likeness (QED) is 0.494. The predicted molar refractivity (Wildman–Crippen MR) is 127 cm³/mol. The van der Waals surface area contributed by atoms with Gasteiger partial charge >= 0.3 is 0 Å². The number of pyridine rings is 1. The van der Waals surface area contributed by atoms with Crippen molar-refractivity contribution in [1.29, 1.82) is 0 Å². The number of fused-ring (bicyclic) bond motifs is 2. The highest BCUT2D eigenvalue weighted by Crippen LogP contribution is 2.45. The van der Waals surface area contributed by atoms with Gasteiger partial charge in [-0.15, -0.1) is 11.6 Å². The topological polar surface area (TPSA) is 92.3 Å². The predicted octanol–water partition coefficient (Wildman–Crippen LogP) is 4.97. The summed E-state index contributed by atoms with van der Waals surface area (Å²) in [6.45, 7) is 1.00. The number of alkyl halides is 1. The van der Waals surface area contributed by atoms with Gasteiger partial charge in [-0.1, -0.05) is 11.6 Å². The molecule has 0 radical (unpaired) electrons. The van der Waals surface area contributed by atoms with Gasteiger partial charge < -0.3 is 15.2 Å². The van der Waals surface area contributed by atoms with Crippen LogP contribution in [0.4, 0.5) is 0 Å². The van der Waals surface area contributed by atoms with Crippen LogP contribution in [0, 0.1) is 0 Å². The molecule has 5 rings (SSSR count). The fourth-order valence-corrected chi connectivity index (χ4v) is 5.42. The number of amides is 1. The molecule has 0 spiro atoms. The Morgan fingerprint density at radius 2 is 2.12 bits per heavy atom. The van der Waals surface area contributed by atoms with Crippen molar-refractivity contribution in [3.63, 3.8) is 0 Å². The molecule has 9 heteroatoms. The molecule has 1 amide bonds. The lowest BCUT2D eigenvalue weighted by Crippen LogP contribution is -2.20. The van der Waals surface area contributed by atoms with Gasteiger partial charge in [0.15, 0.2) is 17.6 Å². The largest absolute Gasteiger partial charge is 0.490 e. The second kappa shape index (κ2) is 9.49. The second-order valence-corrected chi connectivity index (χ2v) is 9.33. The first-order valence-electron chi connectivity index (χ1n) is 11.4. The van der Waals surface area contributed by atoms with Gasteiger partial charge in [0.1, 0.15) is 6.61 Å². The van der Waals surface area contributed by atoms with Crippen LogP contribution in [-0.2, 0) is 11.2 Å². The summed E-state index contributed by atoms with van der Waals surface area (Å²) in [7, 11) is 0. The zero-order chi connectivity index (χ0) is 22.9. The molecule has 3 heterocycles. The average Bonchev–Trinajstić information content (AvgIpc) is 3.27. The summed E-state index contributed by atoms with van der Waals surface area (Å²) in [4.78, 5) is 17.0. The van der Waals surface area contributed by atoms with Gasteiger partial charge in [-0.3, -0.25) is 4.79 Å². The number of hydrogen-bond acceptors (Lipinski definition) is 5. The van der Waals surface area contributed by atoms with Crippen LogP contribution in [0.3, 0.4) is 0 Å². The summed E-state index contributed by atoms with van der Waals surface area (Å²) in [5.41, 5.74) is 9.84. The molecule has 174 valence electrons. The molecule has 0 bridgehead atoms. The molecule has 33 heavy (non-hydrogen) atoms. The van der Waals surface area contributed by atoms with Crippen LogP contribution >= 0.6 is 23.2 Å². The number of carbonyl (C=O) groups excluding carboxylic acids is 1. The van der Waals surface area contributed by atoms with E-state index >= 15 is 0 Å². The highest BCUT2D eigenvalue weighted by Gasteiger charge is 2.29. The third kappa shape index (κ3) is 4.18. The number of aromatic nitrogens is 3. The number of primary amides is 1. The highest BCUT2D eigenvalue weighted by molar-refractivity contribution is 6.33. The molecular formula is C24H26Cl2N4O3. The van der Waals surface area contributed by atoms with Crippen LogP contribution in [0.25, 0.3) is 11.0 Å². The third-order valence-electron chi connectivity index (χ3n) is 6.53. The Bertz CT molecular complexity index is 1190. The van der Waals surface area contributed by atoms with E-state index in [4.69, 9.17) is 43.4 Å². The van der Waals surface area contributed by atoms with Crippen LogP contribution in [0.1, 0.15) is 71.3 Å². The maximum Gasteiger partial charge on any atom is 0.252 e. The molecular weight excluding hydrogens is 463 g/mol. The van der Waals surface area contributed by atoms with Crippen LogP contribution in [-0.4, -0.2) is 39.8 Å². The van der Waals surface area contributed by atoms with Crippen LogP contribution in [0.15, 0.2) is 24.5 Å². The van der Waals surface area contributed by atoms with Crippen molar-refractivity contribution in [2.75, 3.05) is 19.1 Å². The maximum absolute atomic E-state index is 12.2. The van der Waals surface area contributed by atoms with E-state index < -0.39 is 5.91 Å². The van der Waals surface area contributed by atoms with Gasteiger partial charge in [-0.2, -0.15) is 5.10 Å². The number of ether oxygens (including phenoxy) is 2. The van der Waals surface area contributed by atoms with E-state index in [2.05, 4.69) is 11.2 Å². The van der Waals surface area contributed by atoms with Crippen molar-refractivity contribution in [2.45, 2.75) is 50.7 Å². The van der Waals surface area contributed by atoms with Crippen LogP contribution < -0.4 is 10.5 Å². The van der Waals surface area contributed by atoms with Gasteiger partial charge in [-0.25, -0.2) is 9.67 Å². The third-order valence-corrected chi connectivity index (χ3v) is 7.08. The van der Waals surface area contributed by atoms with Crippen LogP contribution in [0.5, 0.6) is 5.75 Å². The van der Waals surface area contributed by atoms with Crippen molar-refractivity contribution >= 4 is 40.1 Å². The van der Waals surface area contributed by atoms with Crippen LogP contribution in [0.2, 0.25) is 5.02 Å². The zero-order valence-electron chi connectivity index (χ0n) is 18.2. The SMILES string of the molecule is NC(=O)c1cc2c(c(Cl)c1OCCCl)CCCC2c1cnc2c(cnn2C2CCCCO2)c1. The number of rotatable bonds is 6. The number of nitrogens with two attached hydrogens (primary N) is 1. The Morgan fingerprint density at radius 1 is 1.24 bits per heavy atom. The van der Waals surface area contributed by atoms with Gasteiger partial charge in [0.25, 0.3) is 5.91 Å². The summed E-state index contributed by atoms with van der Waals surface area (Å²) < 4.78 is 13.5. The molecule has 2 aliphatic rings. The van der Waals surface area contributed by atoms with E-state index in [9.17, 15) is 4.79 Å². The van der Waals surface area contributed by atoms with E-state index in [0.717, 1.165) is 72.9 Å². The summed E-state index contributed by atoms with van der Waals surface area (Å²) in [5, 5.41) is 5.98. The number of benzene rings is 1. The number of nitrogens with zero attached hydrogens (tertiary/aromatic N) is 3. The molecule has 1 fully saturated rings. The van der Waals surface area contributed by atoms with Gasteiger partial charge in [0, 0.05) is 24.1 Å². The molecule has 1 aromatic carbocycles. The molecule has 2 aromatic heterocycles. The zero-order valence-corrected chi connectivity index (χ0v) is 19.7. The Hall–Kier alpha value is -2.35. The standard InChI is InChI=1S/C24H26Cl2N4O3/c25-7-9-33-22-19(23(27)31)11-18-16(4-3-5-17(18)21(22)26)14-10-15-13-29-30(24(15)28-12-14)20-6-1-2-8-32-20/h10-13,16,20H,1-9H2,(H2,27,31). The normalized spacial score (nSPS) is 20.5.